The molecule has 0 saturated heterocycles. The first-order valence-electron chi connectivity index (χ1n) is 6.96. The highest BCUT2D eigenvalue weighted by atomic mass is 35.5. The summed E-state index contributed by atoms with van der Waals surface area (Å²) in [5.41, 5.74) is 1.42. The Hall–Kier alpha value is -2.93. The monoisotopic (exact) mass is 347 g/mol. The van der Waals surface area contributed by atoms with Gasteiger partial charge in [0.2, 0.25) is 5.91 Å². The van der Waals surface area contributed by atoms with Crippen molar-refractivity contribution in [2.75, 3.05) is 11.9 Å². The van der Waals surface area contributed by atoms with E-state index in [1.165, 1.54) is 24.3 Å². The van der Waals surface area contributed by atoms with Gasteiger partial charge in [0.05, 0.1) is 11.5 Å². The predicted octanol–water partition coefficient (Wildman–Crippen LogP) is 2.93. The molecule has 0 atom stereocenters. The molecule has 0 aromatic heterocycles. The van der Waals surface area contributed by atoms with Crippen molar-refractivity contribution in [3.8, 4) is 0 Å². The molecule has 0 saturated carbocycles. The summed E-state index contributed by atoms with van der Waals surface area (Å²) in [7, 11) is 0. The molecule has 2 aromatic carbocycles. The molecular weight excluding hydrogens is 334 g/mol. The van der Waals surface area contributed by atoms with Gasteiger partial charge < -0.3 is 10.6 Å². The van der Waals surface area contributed by atoms with Crippen molar-refractivity contribution in [1.82, 2.24) is 5.32 Å². The molecule has 0 bridgehead atoms. The minimum absolute atomic E-state index is 0.110. The van der Waals surface area contributed by atoms with Gasteiger partial charge in [-0.15, -0.1) is 0 Å². The van der Waals surface area contributed by atoms with Crippen LogP contribution in [0.4, 0.5) is 11.4 Å². The van der Waals surface area contributed by atoms with E-state index >= 15 is 0 Å². The fourth-order valence-electron chi connectivity index (χ4n) is 1.93. The van der Waals surface area contributed by atoms with Crippen molar-refractivity contribution in [3.63, 3.8) is 0 Å². The number of nitrogens with zero attached hydrogens (tertiary/aromatic N) is 1. The molecule has 2 amide bonds. The average molecular weight is 348 g/mol. The zero-order chi connectivity index (χ0) is 17.7. The second-order valence-corrected chi connectivity index (χ2v) is 5.35. The first-order chi connectivity index (χ1) is 11.4. The Morgan fingerprint density at radius 1 is 1.17 bits per heavy atom. The number of rotatable bonds is 5. The number of non-ortho nitro benzene ring substituents is 1. The van der Waals surface area contributed by atoms with Crippen molar-refractivity contribution < 1.29 is 14.5 Å². The minimum Gasteiger partial charge on any atom is -0.343 e. The third kappa shape index (κ3) is 4.30. The molecule has 0 aliphatic carbocycles. The van der Waals surface area contributed by atoms with E-state index in [0.29, 0.717) is 10.7 Å². The Balaban J connectivity index is 1.92. The molecule has 0 aliphatic heterocycles. The smallest absolute Gasteiger partial charge is 0.269 e. The van der Waals surface area contributed by atoms with Crippen LogP contribution in [0.2, 0.25) is 5.02 Å². The average Bonchev–Trinajstić information content (AvgIpc) is 2.57. The molecule has 7 nitrogen and oxygen atoms in total. The number of halogens is 1. The normalized spacial score (nSPS) is 10.1. The number of anilines is 1. The summed E-state index contributed by atoms with van der Waals surface area (Å²) in [6, 6.07) is 10.2. The number of nitro benzene ring substituents is 1. The van der Waals surface area contributed by atoms with E-state index in [4.69, 9.17) is 11.6 Å². The largest absolute Gasteiger partial charge is 0.343 e. The zero-order valence-corrected chi connectivity index (χ0v) is 13.5. The topological polar surface area (TPSA) is 101 Å². The Morgan fingerprint density at radius 2 is 1.83 bits per heavy atom. The third-order valence-corrected chi connectivity index (χ3v) is 3.70. The van der Waals surface area contributed by atoms with Crippen molar-refractivity contribution in [3.05, 3.63) is 68.7 Å². The molecule has 0 spiro atoms. The Morgan fingerprint density at radius 3 is 2.46 bits per heavy atom. The van der Waals surface area contributed by atoms with Crippen LogP contribution in [0.1, 0.15) is 15.9 Å². The number of nitro groups is 1. The van der Waals surface area contributed by atoms with Crippen molar-refractivity contribution in [2.24, 2.45) is 0 Å². The summed E-state index contributed by atoms with van der Waals surface area (Å²) in [5, 5.41) is 16.2. The van der Waals surface area contributed by atoms with E-state index in [9.17, 15) is 19.7 Å². The summed E-state index contributed by atoms with van der Waals surface area (Å²) in [4.78, 5) is 33.8. The van der Waals surface area contributed by atoms with Gasteiger partial charge in [0.15, 0.2) is 0 Å². The fourth-order valence-corrected chi connectivity index (χ4v) is 2.11. The van der Waals surface area contributed by atoms with E-state index in [2.05, 4.69) is 10.6 Å². The van der Waals surface area contributed by atoms with E-state index in [1.54, 1.807) is 25.1 Å². The molecule has 8 heteroatoms. The lowest BCUT2D eigenvalue weighted by Crippen LogP contribution is -2.33. The molecule has 0 radical (unpaired) electrons. The Labute approximate surface area is 142 Å². The predicted molar refractivity (Wildman–Crippen MR) is 90.2 cm³/mol. The van der Waals surface area contributed by atoms with Gasteiger partial charge in [0.25, 0.3) is 11.6 Å². The highest BCUT2D eigenvalue weighted by Crippen LogP contribution is 2.22. The lowest BCUT2D eigenvalue weighted by atomic mass is 10.2. The highest BCUT2D eigenvalue weighted by Gasteiger charge is 2.11. The van der Waals surface area contributed by atoms with Crippen molar-refractivity contribution in [2.45, 2.75) is 6.92 Å². The molecule has 0 heterocycles. The van der Waals surface area contributed by atoms with Gasteiger partial charge in [-0.2, -0.15) is 0 Å². The second-order valence-electron chi connectivity index (χ2n) is 4.95. The van der Waals surface area contributed by atoms with E-state index in [0.717, 1.165) is 5.56 Å². The highest BCUT2D eigenvalue weighted by molar-refractivity contribution is 6.31. The maximum absolute atomic E-state index is 11.9. The first-order valence-corrected chi connectivity index (χ1v) is 7.34. The lowest BCUT2D eigenvalue weighted by Gasteiger charge is -2.10. The van der Waals surface area contributed by atoms with Gasteiger partial charge in [-0.3, -0.25) is 19.7 Å². The van der Waals surface area contributed by atoms with Crippen LogP contribution in [0, 0.1) is 17.0 Å². The molecule has 0 aliphatic rings. The van der Waals surface area contributed by atoms with Crippen LogP contribution in [0.15, 0.2) is 42.5 Å². The van der Waals surface area contributed by atoms with Gasteiger partial charge in [-0.05, 0) is 36.8 Å². The number of carbonyl (C=O) groups is 2. The summed E-state index contributed by atoms with van der Waals surface area (Å²) < 4.78 is 0. The molecule has 2 N–H and O–H groups in total. The molecule has 24 heavy (non-hydrogen) atoms. The van der Waals surface area contributed by atoms with Gasteiger partial charge in [-0.1, -0.05) is 17.7 Å². The standard InChI is InChI=1S/C16H14ClN3O4/c1-10-13(17)3-2-4-14(10)19-15(21)9-18-16(22)11-5-7-12(8-6-11)20(23)24/h2-8H,9H2,1H3,(H,18,22)(H,19,21). The van der Waals surface area contributed by atoms with Crippen LogP contribution in [-0.4, -0.2) is 23.3 Å². The summed E-state index contributed by atoms with van der Waals surface area (Å²) >= 11 is 5.97. The molecule has 2 aromatic rings. The maximum atomic E-state index is 11.9. The number of benzene rings is 2. The molecule has 2 rings (SSSR count). The fraction of sp³-hybridized carbons (Fsp3) is 0.125. The SMILES string of the molecule is Cc1c(Cl)cccc1NC(=O)CNC(=O)c1ccc([N+](=O)[O-])cc1. The first kappa shape index (κ1) is 17.4. The van der Waals surface area contributed by atoms with E-state index in [1.807, 2.05) is 0 Å². The summed E-state index contributed by atoms with van der Waals surface area (Å²) in [6.45, 7) is 1.54. The zero-order valence-electron chi connectivity index (χ0n) is 12.7. The van der Waals surface area contributed by atoms with Crippen LogP contribution >= 0.6 is 11.6 Å². The van der Waals surface area contributed by atoms with Gasteiger partial charge >= 0.3 is 0 Å². The third-order valence-electron chi connectivity index (χ3n) is 3.29. The van der Waals surface area contributed by atoms with Gasteiger partial charge in [0.1, 0.15) is 0 Å². The number of hydrogen-bond donors (Lipinski definition) is 2. The number of nitrogens with one attached hydrogen (secondary N) is 2. The van der Waals surface area contributed by atoms with Crippen molar-refractivity contribution in [1.29, 1.82) is 0 Å². The van der Waals surface area contributed by atoms with Crippen LogP contribution < -0.4 is 10.6 Å². The van der Waals surface area contributed by atoms with E-state index < -0.39 is 16.7 Å². The van der Waals surface area contributed by atoms with Crippen LogP contribution in [0.5, 0.6) is 0 Å². The summed E-state index contributed by atoms with van der Waals surface area (Å²) in [6.07, 6.45) is 0. The molecular formula is C16H14ClN3O4. The number of carbonyl (C=O) groups excluding carboxylic acids is 2. The molecule has 0 unspecified atom stereocenters. The number of hydrogen-bond acceptors (Lipinski definition) is 4. The van der Waals surface area contributed by atoms with Gasteiger partial charge in [0, 0.05) is 28.4 Å². The molecule has 0 fully saturated rings. The van der Waals surface area contributed by atoms with Crippen molar-refractivity contribution >= 4 is 34.8 Å². The van der Waals surface area contributed by atoms with Gasteiger partial charge in [-0.25, -0.2) is 0 Å². The minimum atomic E-state index is -0.553. The Kier molecular flexibility index (Phi) is 5.49. The lowest BCUT2D eigenvalue weighted by molar-refractivity contribution is -0.384. The Bertz CT molecular complexity index is 790. The van der Waals surface area contributed by atoms with Crippen LogP contribution in [0.25, 0.3) is 0 Å². The number of amides is 2. The van der Waals surface area contributed by atoms with Crippen LogP contribution in [0.3, 0.4) is 0 Å². The molecule has 124 valence electrons. The maximum Gasteiger partial charge on any atom is 0.269 e. The van der Waals surface area contributed by atoms with E-state index in [-0.39, 0.29) is 17.8 Å². The second kappa shape index (κ2) is 7.56. The quantitative estimate of drug-likeness (QED) is 0.641. The summed E-state index contributed by atoms with van der Waals surface area (Å²) in [5.74, 6) is -0.904. The van der Waals surface area contributed by atoms with Crippen LogP contribution in [-0.2, 0) is 4.79 Å².